The lowest BCUT2D eigenvalue weighted by Gasteiger charge is -2.08. The molecule has 0 aliphatic rings. The quantitative estimate of drug-likeness (QED) is 0.486. The zero-order valence-electron chi connectivity index (χ0n) is 7.76. The molecule has 0 fully saturated rings. The lowest BCUT2D eigenvalue weighted by molar-refractivity contribution is 0.378. The van der Waals surface area contributed by atoms with Gasteiger partial charge in [-0.1, -0.05) is 13.8 Å². The number of rotatable bonds is 4. The van der Waals surface area contributed by atoms with Crippen molar-refractivity contribution in [1.82, 2.24) is 5.01 Å². The molecule has 0 radical (unpaired) electrons. The van der Waals surface area contributed by atoms with Gasteiger partial charge in [0.2, 0.25) is 0 Å². The molecule has 3 nitrogen and oxygen atoms in total. The molecule has 0 amide bonds. The topological polar surface area (TPSA) is 39.5 Å². The maximum Gasteiger partial charge on any atom is 0.0680 e. The summed E-state index contributed by atoms with van der Waals surface area (Å²) in [4.78, 5) is 0. The SMILES string of the molecule is CCN(C)N=CC(=N)C(C)C. The predicted octanol–water partition coefficient (Wildman–Crippen LogP) is 1.60. The molecule has 0 aromatic carbocycles. The van der Waals surface area contributed by atoms with Gasteiger partial charge in [0.05, 0.1) is 11.9 Å². The summed E-state index contributed by atoms with van der Waals surface area (Å²) in [7, 11) is 1.89. The number of hydrogen-bond acceptors (Lipinski definition) is 3. The molecule has 0 atom stereocenters. The van der Waals surface area contributed by atoms with Crippen molar-refractivity contribution < 1.29 is 0 Å². The average Bonchev–Trinajstić information content (AvgIpc) is 1.99. The van der Waals surface area contributed by atoms with Gasteiger partial charge in [-0.15, -0.1) is 0 Å². The number of hydrogen-bond donors (Lipinski definition) is 1. The van der Waals surface area contributed by atoms with Gasteiger partial charge in [0, 0.05) is 13.6 Å². The van der Waals surface area contributed by atoms with Gasteiger partial charge in [0.25, 0.3) is 0 Å². The van der Waals surface area contributed by atoms with Gasteiger partial charge in [-0.05, 0) is 12.8 Å². The van der Waals surface area contributed by atoms with Gasteiger partial charge >= 0.3 is 0 Å². The first kappa shape index (κ1) is 10.1. The summed E-state index contributed by atoms with van der Waals surface area (Å²) in [5, 5.41) is 13.3. The van der Waals surface area contributed by atoms with Crippen molar-refractivity contribution >= 4 is 11.9 Å². The molecule has 11 heavy (non-hydrogen) atoms. The van der Waals surface area contributed by atoms with E-state index in [2.05, 4.69) is 5.10 Å². The number of hydrazone groups is 1. The van der Waals surface area contributed by atoms with Gasteiger partial charge in [-0.25, -0.2) is 0 Å². The van der Waals surface area contributed by atoms with Crippen LogP contribution in [0.3, 0.4) is 0 Å². The monoisotopic (exact) mass is 155 g/mol. The Kier molecular flexibility index (Phi) is 4.50. The zero-order chi connectivity index (χ0) is 8.85. The van der Waals surface area contributed by atoms with Crippen molar-refractivity contribution in [2.75, 3.05) is 13.6 Å². The second-order valence-electron chi connectivity index (χ2n) is 2.83. The molecule has 3 heteroatoms. The van der Waals surface area contributed by atoms with E-state index in [9.17, 15) is 0 Å². The number of nitrogens with zero attached hydrogens (tertiary/aromatic N) is 2. The number of nitrogens with one attached hydrogen (secondary N) is 1. The third-order valence-electron chi connectivity index (χ3n) is 1.47. The minimum atomic E-state index is 0.268. The van der Waals surface area contributed by atoms with Crippen LogP contribution in [-0.4, -0.2) is 30.5 Å². The minimum Gasteiger partial charge on any atom is -0.303 e. The summed E-state index contributed by atoms with van der Waals surface area (Å²) >= 11 is 0. The van der Waals surface area contributed by atoms with Crippen molar-refractivity contribution in [3.05, 3.63) is 0 Å². The van der Waals surface area contributed by atoms with E-state index in [4.69, 9.17) is 5.41 Å². The Labute approximate surface area is 68.6 Å². The molecule has 0 heterocycles. The van der Waals surface area contributed by atoms with Crippen LogP contribution in [0, 0.1) is 11.3 Å². The first-order valence-corrected chi connectivity index (χ1v) is 3.91. The highest BCUT2D eigenvalue weighted by Crippen LogP contribution is 1.92. The highest BCUT2D eigenvalue weighted by molar-refractivity contribution is 6.29. The van der Waals surface area contributed by atoms with E-state index in [0.717, 1.165) is 6.54 Å². The van der Waals surface area contributed by atoms with E-state index in [0.29, 0.717) is 5.71 Å². The van der Waals surface area contributed by atoms with Crippen LogP contribution in [0.15, 0.2) is 5.10 Å². The van der Waals surface area contributed by atoms with Crippen LogP contribution in [0.1, 0.15) is 20.8 Å². The maximum absolute atomic E-state index is 7.44. The lowest BCUT2D eigenvalue weighted by Crippen LogP contribution is -2.14. The fraction of sp³-hybridized carbons (Fsp3) is 0.750. The lowest BCUT2D eigenvalue weighted by atomic mass is 10.1. The molecular weight excluding hydrogens is 138 g/mol. The molecule has 0 saturated heterocycles. The summed E-state index contributed by atoms with van der Waals surface area (Å²) in [6.45, 7) is 6.87. The van der Waals surface area contributed by atoms with Crippen molar-refractivity contribution in [1.29, 1.82) is 5.41 Å². The van der Waals surface area contributed by atoms with Gasteiger partial charge in [-0.3, -0.25) is 0 Å². The fourth-order valence-electron chi connectivity index (χ4n) is 0.391. The molecule has 0 aromatic rings. The van der Waals surface area contributed by atoms with Gasteiger partial charge in [-0.2, -0.15) is 5.10 Å². The third kappa shape index (κ3) is 4.53. The van der Waals surface area contributed by atoms with Crippen molar-refractivity contribution in [3.63, 3.8) is 0 Å². The van der Waals surface area contributed by atoms with Crippen LogP contribution in [-0.2, 0) is 0 Å². The molecule has 0 aliphatic carbocycles. The molecule has 0 rings (SSSR count). The average molecular weight is 155 g/mol. The van der Waals surface area contributed by atoms with Gasteiger partial charge < -0.3 is 10.4 Å². The van der Waals surface area contributed by atoms with Gasteiger partial charge in [0.1, 0.15) is 0 Å². The molecule has 0 unspecified atom stereocenters. The van der Waals surface area contributed by atoms with Crippen LogP contribution in [0.2, 0.25) is 0 Å². The van der Waals surface area contributed by atoms with E-state index in [-0.39, 0.29) is 5.92 Å². The third-order valence-corrected chi connectivity index (χ3v) is 1.47. The Bertz CT molecular complexity index is 149. The summed E-state index contributed by atoms with van der Waals surface area (Å²) < 4.78 is 0. The molecular formula is C8H17N3. The van der Waals surface area contributed by atoms with E-state index in [1.165, 1.54) is 0 Å². The van der Waals surface area contributed by atoms with Crippen LogP contribution in [0.4, 0.5) is 0 Å². The molecule has 0 spiro atoms. The Morgan fingerprint density at radius 3 is 2.55 bits per heavy atom. The molecule has 64 valence electrons. The molecule has 1 N–H and O–H groups in total. The van der Waals surface area contributed by atoms with E-state index >= 15 is 0 Å². The molecule has 0 saturated carbocycles. The Morgan fingerprint density at radius 2 is 2.18 bits per heavy atom. The zero-order valence-corrected chi connectivity index (χ0v) is 7.76. The van der Waals surface area contributed by atoms with Crippen molar-refractivity contribution in [2.24, 2.45) is 11.0 Å². The Balaban J connectivity index is 3.83. The second-order valence-corrected chi connectivity index (χ2v) is 2.83. The second kappa shape index (κ2) is 4.88. The smallest absolute Gasteiger partial charge is 0.0680 e. The van der Waals surface area contributed by atoms with E-state index in [1.807, 2.05) is 27.8 Å². The summed E-state index contributed by atoms with van der Waals surface area (Å²) in [5.41, 5.74) is 0.574. The van der Waals surface area contributed by atoms with Crippen LogP contribution < -0.4 is 0 Å². The predicted molar refractivity (Wildman–Crippen MR) is 49.4 cm³/mol. The first-order valence-electron chi connectivity index (χ1n) is 3.91. The van der Waals surface area contributed by atoms with E-state index < -0.39 is 0 Å². The Hall–Kier alpha value is -0.860. The maximum atomic E-state index is 7.44. The standard InChI is InChI=1S/C8H17N3/c1-5-11(4)10-6-8(9)7(2)3/h6-7,9H,5H2,1-4H3. The highest BCUT2D eigenvalue weighted by atomic mass is 15.4. The molecule has 0 bridgehead atoms. The summed E-state index contributed by atoms with van der Waals surface area (Å²) in [6, 6.07) is 0. The normalized spacial score (nSPS) is 11.0. The molecule has 0 aliphatic heterocycles. The highest BCUT2D eigenvalue weighted by Gasteiger charge is 1.97. The molecule has 0 aromatic heterocycles. The van der Waals surface area contributed by atoms with Crippen LogP contribution in [0.25, 0.3) is 0 Å². The van der Waals surface area contributed by atoms with E-state index in [1.54, 1.807) is 11.2 Å². The van der Waals surface area contributed by atoms with Crippen LogP contribution >= 0.6 is 0 Å². The van der Waals surface area contributed by atoms with Crippen molar-refractivity contribution in [3.8, 4) is 0 Å². The fourth-order valence-corrected chi connectivity index (χ4v) is 0.391. The van der Waals surface area contributed by atoms with Crippen LogP contribution in [0.5, 0.6) is 0 Å². The van der Waals surface area contributed by atoms with Gasteiger partial charge in [0.15, 0.2) is 0 Å². The van der Waals surface area contributed by atoms with Crippen molar-refractivity contribution in [2.45, 2.75) is 20.8 Å². The summed E-state index contributed by atoms with van der Waals surface area (Å²) in [6.07, 6.45) is 1.61. The minimum absolute atomic E-state index is 0.268. The first-order chi connectivity index (χ1) is 5.07. The Morgan fingerprint density at radius 1 is 1.64 bits per heavy atom. The largest absolute Gasteiger partial charge is 0.303 e. The summed E-state index contributed by atoms with van der Waals surface area (Å²) in [5.74, 6) is 0.268.